The Kier molecular flexibility index (Phi) is 5.35. The molecule has 1 atom stereocenters. The lowest BCUT2D eigenvalue weighted by Crippen LogP contribution is -2.25. The first-order chi connectivity index (χ1) is 8.75. The molecule has 0 aliphatic rings. The third kappa shape index (κ3) is 4.49. The minimum atomic E-state index is -4.46. The van der Waals surface area contributed by atoms with Gasteiger partial charge in [-0.2, -0.15) is 13.2 Å². The van der Waals surface area contributed by atoms with Crippen molar-refractivity contribution in [3.05, 3.63) is 35.1 Å². The minimum Gasteiger partial charge on any atom is -0.310 e. The van der Waals surface area contributed by atoms with Crippen molar-refractivity contribution < 1.29 is 17.6 Å². The molecule has 1 rings (SSSR count). The zero-order valence-electron chi connectivity index (χ0n) is 11.3. The lowest BCUT2D eigenvalue weighted by molar-refractivity contribution is -0.138. The molecule has 1 unspecified atom stereocenters. The normalized spacial score (nSPS) is 13.9. The predicted molar refractivity (Wildman–Crippen MR) is 67.3 cm³/mol. The summed E-state index contributed by atoms with van der Waals surface area (Å²) in [6, 6.07) is 2.16. The summed E-state index contributed by atoms with van der Waals surface area (Å²) in [7, 11) is 0. The van der Waals surface area contributed by atoms with Crippen molar-refractivity contribution in [2.24, 2.45) is 5.92 Å². The maximum Gasteiger partial charge on any atom is 0.416 e. The summed E-state index contributed by atoms with van der Waals surface area (Å²) in [6.07, 6.45) is -3.94. The van der Waals surface area contributed by atoms with E-state index in [0.717, 1.165) is 18.2 Å². The summed E-state index contributed by atoms with van der Waals surface area (Å²) in [6.45, 7) is 6.21. The number of hydrogen-bond acceptors (Lipinski definition) is 1. The van der Waals surface area contributed by atoms with Gasteiger partial charge in [0, 0.05) is 6.04 Å². The number of hydrogen-bond donors (Lipinski definition) is 1. The highest BCUT2D eigenvalue weighted by molar-refractivity contribution is 5.33. The highest BCUT2D eigenvalue weighted by atomic mass is 19.4. The third-order valence-corrected chi connectivity index (χ3v) is 2.85. The lowest BCUT2D eigenvalue weighted by atomic mass is 9.93. The van der Waals surface area contributed by atoms with Crippen LogP contribution in [0.3, 0.4) is 0 Å². The van der Waals surface area contributed by atoms with E-state index in [1.54, 1.807) is 0 Å². The Morgan fingerprint density at radius 2 is 1.84 bits per heavy atom. The van der Waals surface area contributed by atoms with Crippen molar-refractivity contribution >= 4 is 0 Å². The molecule has 0 saturated heterocycles. The van der Waals surface area contributed by atoms with Crippen LogP contribution in [0.5, 0.6) is 0 Å². The van der Waals surface area contributed by atoms with Crippen LogP contribution in [0.1, 0.15) is 44.4 Å². The van der Waals surface area contributed by atoms with Gasteiger partial charge in [0.15, 0.2) is 0 Å². The summed E-state index contributed by atoms with van der Waals surface area (Å²) < 4.78 is 52.2. The Hall–Kier alpha value is -1.10. The Bertz CT molecular complexity index is 412. The molecule has 0 heterocycles. The second kappa shape index (κ2) is 6.37. The van der Waals surface area contributed by atoms with Gasteiger partial charge in [-0.25, -0.2) is 4.39 Å². The molecule has 0 saturated carbocycles. The van der Waals surface area contributed by atoms with Crippen LogP contribution in [0, 0.1) is 11.7 Å². The van der Waals surface area contributed by atoms with E-state index in [2.05, 4.69) is 5.32 Å². The Morgan fingerprint density at radius 3 is 2.32 bits per heavy atom. The van der Waals surface area contributed by atoms with E-state index in [1.165, 1.54) is 0 Å². The molecule has 0 spiro atoms. The fourth-order valence-electron chi connectivity index (χ4n) is 2.12. The summed E-state index contributed by atoms with van der Waals surface area (Å²) >= 11 is 0. The van der Waals surface area contributed by atoms with Crippen LogP contribution >= 0.6 is 0 Å². The van der Waals surface area contributed by atoms with Crippen molar-refractivity contribution in [1.29, 1.82) is 0 Å². The van der Waals surface area contributed by atoms with Crippen LogP contribution in [-0.2, 0) is 6.18 Å². The average Bonchev–Trinajstić information content (AvgIpc) is 2.26. The van der Waals surface area contributed by atoms with Crippen molar-refractivity contribution in [3.8, 4) is 0 Å². The molecule has 0 aliphatic heterocycles. The smallest absolute Gasteiger partial charge is 0.310 e. The van der Waals surface area contributed by atoms with Crippen LogP contribution < -0.4 is 5.32 Å². The molecule has 108 valence electrons. The summed E-state index contributed by atoms with van der Waals surface area (Å²) in [5.74, 6) is -0.428. The quantitative estimate of drug-likeness (QED) is 0.779. The number of benzene rings is 1. The van der Waals surface area contributed by atoms with Gasteiger partial charge in [-0.3, -0.25) is 0 Å². The Balaban J connectivity index is 3.23. The van der Waals surface area contributed by atoms with Crippen LogP contribution in [0.25, 0.3) is 0 Å². The van der Waals surface area contributed by atoms with Gasteiger partial charge >= 0.3 is 6.18 Å². The molecule has 0 bridgehead atoms. The largest absolute Gasteiger partial charge is 0.416 e. The first-order valence-corrected chi connectivity index (χ1v) is 6.35. The fraction of sp³-hybridized carbons (Fsp3) is 0.571. The molecule has 0 fully saturated rings. The molecule has 0 aliphatic carbocycles. The van der Waals surface area contributed by atoms with Crippen molar-refractivity contribution in [3.63, 3.8) is 0 Å². The van der Waals surface area contributed by atoms with E-state index in [1.807, 2.05) is 20.8 Å². The highest BCUT2D eigenvalue weighted by Crippen LogP contribution is 2.36. The molecule has 1 aromatic rings. The van der Waals surface area contributed by atoms with Gasteiger partial charge in [0.2, 0.25) is 0 Å². The van der Waals surface area contributed by atoms with Gasteiger partial charge < -0.3 is 5.32 Å². The van der Waals surface area contributed by atoms with Gasteiger partial charge in [-0.05, 0) is 42.6 Å². The second-order valence-electron chi connectivity index (χ2n) is 4.97. The lowest BCUT2D eigenvalue weighted by Gasteiger charge is -2.24. The Morgan fingerprint density at radius 1 is 1.21 bits per heavy atom. The Labute approximate surface area is 111 Å². The number of nitrogens with one attached hydrogen (secondary N) is 1. The minimum absolute atomic E-state index is 0.0111. The van der Waals surface area contributed by atoms with E-state index in [9.17, 15) is 17.6 Å². The summed E-state index contributed by atoms with van der Waals surface area (Å²) in [5, 5.41) is 3.00. The maximum absolute atomic E-state index is 13.3. The van der Waals surface area contributed by atoms with Crippen molar-refractivity contribution in [2.45, 2.75) is 39.4 Å². The van der Waals surface area contributed by atoms with E-state index in [4.69, 9.17) is 0 Å². The average molecular weight is 277 g/mol. The first-order valence-electron chi connectivity index (χ1n) is 6.35. The van der Waals surface area contributed by atoms with Crippen LogP contribution in [0.15, 0.2) is 18.2 Å². The third-order valence-electron chi connectivity index (χ3n) is 2.85. The molecule has 19 heavy (non-hydrogen) atoms. The van der Waals surface area contributed by atoms with Crippen molar-refractivity contribution in [2.75, 3.05) is 6.54 Å². The van der Waals surface area contributed by atoms with E-state index < -0.39 is 23.6 Å². The second-order valence-corrected chi connectivity index (χ2v) is 4.97. The monoisotopic (exact) mass is 277 g/mol. The molecule has 0 radical (unpaired) electrons. The van der Waals surface area contributed by atoms with Crippen LogP contribution in [-0.4, -0.2) is 6.54 Å². The molecule has 1 aromatic carbocycles. The summed E-state index contributed by atoms with van der Waals surface area (Å²) in [4.78, 5) is 0. The van der Waals surface area contributed by atoms with E-state index in [0.29, 0.717) is 13.0 Å². The zero-order valence-corrected chi connectivity index (χ0v) is 11.3. The highest BCUT2D eigenvalue weighted by Gasteiger charge is 2.35. The number of alkyl halides is 3. The molecule has 1 N–H and O–H groups in total. The summed E-state index contributed by atoms with van der Waals surface area (Å²) in [5.41, 5.74) is -0.774. The van der Waals surface area contributed by atoms with E-state index >= 15 is 0 Å². The molecular formula is C14H19F4N. The first kappa shape index (κ1) is 16.0. The van der Waals surface area contributed by atoms with Gasteiger partial charge in [-0.1, -0.05) is 20.8 Å². The topological polar surface area (TPSA) is 12.0 Å². The SMILES string of the molecule is CCNC(CC(C)C)c1cc(F)ccc1C(F)(F)F. The zero-order chi connectivity index (χ0) is 14.6. The maximum atomic E-state index is 13.3. The van der Waals surface area contributed by atoms with Gasteiger partial charge in [0.25, 0.3) is 0 Å². The van der Waals surface area contributed by atoms with E-state index in [-0.39, 0.29) is 11.5 Å². The fourth-order valence-corrected chi connectivity index (χ4v) is 2.12. The number of rotatable bonds is 5. The molecule has 5 heteroatoms. The van der Waals surface area contributed by atoms with Crippen LogP contribution in [0.4, 0.5) is 17.6 Å². The predicted octanol–water partition coefficient (Wildman–Crippen LogP) is 4.54. The van der Waals surface area contributed by atoms with Crippen LogP contribution in [0.2, 0.25) is 0 Å². The molecule has 1 nitrogen and oxygen atoms in total. The molecular weight excluding hydrogens is 258 g/mol. The van der Waals surface area contributed by atoms with Gasteiger partial charge in [0.05, 0.1) is 5.56 Å². The standard InChI is InChI=1S/C14H19F4N/c1-4-19-13(7-9(2)3)11-8-10(15)5-6-12(11)14(16,17)18/h5-6,8-9,13,19H,4,7H2,1-3H3. The van der Waals surface area contributed by atoms with Crippen molar-refractivity contribution in [1.82, 2.24) is 5.32 Å². The molecule has 0 amide bonds. The van der Waals surface area contributed by atoms with Gasteiger partial charge in [0.1, 0.15) is 5.82 Å². The van der Waals surface area contributed by atoms with Gasteiger partial charge in [-0.15, -0.1) is 0 Å². The number of halogens is 4. The molecule has 0 aromatic heterocycles.